The van der Waals surface area contributed by atoms with Crippen molar-refractivity contribution in [3.63, 3.8) is 0 Å². The first-order chi connectivity index (χ1) is 12.1. The van der Waals surface area contributed by atoms with E-state index in [0.29, 0.717) is 17.7 Å². The van der Waals surface area contributed by atoms with Gasteiger partial charge in [-0.3, -0.25) is 10.1 Å². The Labute approximate surface area is 152 Å². The van der Waals surface area contributed by atoms with Crippen LogP contribution in [0.1, 0.15) is 37.4 Å². The Morgan fingerprint density at radius 3 is 2.62 bits per heavy atom. The van der Waals surface area contributed by atoms with Crippen molar-refractivity contribution >= 4 is 15.7 Å². The summed E-state index contributed by atoms with van der Waals surface area (Å²) in [5.41, 5.74) is 0.393. The topological polar surface area (TPSA) is 98.5 Å². The van der Waals surface area contributed by atoms with Gasteiger partial charge >= 0.3 is 0 Å². The molecule has 3 rings (SSSR count). The largest absolute Gasteiger partial charge is 0.487 e. The number of hydrogen-bond acceptors (Lipinski definition) is 5. The van der Waals surface area contributed by atoms with E-state index in [1.807, 2.05) is 32.0 Å². The number of rotatable bonds is 4. The standard InChI is InChI=1S/C18H20N2O5S/c1-12-8-9-13(10-16(12)20(21)22)26(23,24)19-15-11-18(2,3)25-17-7-5-4-6-14(15)17/h4-10,15,19H,11H2,1-3H3/t15-/m1/s1. The average molecular weight is 376 g/mol. The van der Waals surface area contributed by atoms with Gasteiger partial charge in [0.1, 0.15) is 11.4 Å². The number of nitrogens with zero attached hydrogens (tertiary/aromatic N) is 1. The predicted molar refractivity (Wildman–Crippen MR) is 96.7 cm³/mol. The molecule has 2 aromatic carbocycles. The number of aryl methyl sites for hydroxylation is 1. The minimum absolute atomic E-state index is 0.128. The van der Waals surface area contributed by atoms with Crippen LogP contribution in [-0.2, 0) is 10.0 Å². The van der Waals surface area contributed by atoms with Crippen LogP contribution in [0.4, 0.5) is 5.69 Å². The van der Waals surface area contributed by atoms with Gasteiger partial charge in [0.15, 0.2) is 0 Å². The summed E-state index contributed by atoms with van der Waals surface area (Å²) >= 11 is 0. The maximum absolute atomic E-state index is 12.8. The van der Waals surface area contributed by atoms with Crippen molar-refractivity contribution in [2.45, 2.75) is 43.7 Å². The van der Waals surface area contributed by atoms with E-state index in [0.717, 1.165) is 11.6 Å². The zero-order valence-electron chi connectivity index (χ0n) is 14.7. The second kappa shape index (κ2) is 6.37. The van der Waals surface area contributed by atoms with Gasteiger partial charge in [0.05, 0.1) is 15.9 Å². The molecule has 0 aromatic heterocycles. The molecule has 0 unspecified atom stereocenters. The molecule has 0 amide bonds. The lowest BCUT2D eigenvalue weighted by Gasteiger charge is -2.37. The van der Waals surface area contributed by atoms with E-state index in [9.17, 15) is 18.5 Å². The van der Waals surface area contributed by atoms with E-state index >= 15 is 0 Å². The van der Waals surface area contributed by atoms with Crippen molar-refractivity contribution < 1.29 is 18.1 Å². The van der Waals surface area contributed by atoms with Crippen LogP contribution in [0.15, 0.2) is 47.4 Å². The average Bonchev–Trinajstić information content (AvgIpc) is 2.53. The van der Waals surface area contributed by atoms with Crippen LogP contribution in [0.25, 0.3) is 0 Å². The Hall–Kier alpha value is -2.45. The van der Waals surface area contributed by atoms with Gasteiger partial charge < -0.3 is 4.74 Å². The Morgan fingerprint density at radius 1 is 1.23 bits per heavy atom. The summed E-state index contributed by atoms with van der Waals surface area (Å²) in [5, 5.41) is 11.1. The number of ether oxygens (including phenoxy) is 1. The van der Waals surface area contributed by atoms with E-state index in [1.54, 1.807) is 13.0 Å². The van der Waals surface area contributed by atoms with Crippen LogP contribution in [0, 0.1) is 17.0 Å². The molecule has 0 fully saturated rings. The molecule has 1 atom stereocenters. The molecule has 0 saturated carbocycles. The van der Waals surface area contributed by atoms with Gasteiger partial charge in [-0.15, -0.1) is 0 Å². The first-order valence-electron chi connectivity index (χ1n) is 8.14. The van der Waals surface area contributed by atoms with Crippen molar-refractivity contribution in [3.05, 3.63) is 63.7 Å². The minimum atomic E-state index is -3.94. The number of nitrogens with one attached hydrogen (secondary N) is 1. The number of nitro benzene ring substituents is 1. The highest BCUT2D eigenvalue weighted by Gasteiger charge is 2.36. The lowest BCUT2D eigenvalue weighted by Crippen LogP contribution is -2.41. The second-order valence-corrected chi connectivity index (χ2v) is 8.70. The Kier molecular flexibility index (Phi) is 4.49. The molecule has 0 radical (unpaired) electrons. The van der Waals surface area contributed by atoms with E-state index in [4.69, 9.17) is 4.74 Å². The first kappa shape index (κ1) is 18.3. The van der Waals surface area contributed by atoms with Crippen LogP contribution in [0.3, 0.4) is 0 Å². The summed E-state index contributed by atoms with van der Waals surface area (Å²) in [6.07, 6.45) is 0.442. The molecule has 0 saturated heterocycles. The van der Waals surface area contributed by atoms with Gasteiger partial charge in [0.2, 0.25) is 10.0 Å². The number of para-hydroxylation sites is 1. The zero-order chi connectivity index (χ0) is 19.1. The quantitative estimate of drug-likeness (QED) is 0.650. The molecule has 1 aliphatic heterocycles. The maximum Gasteiger partial charge on any atom is 0.273 e. The summed E-state index contributed by atoms with van der Waals surface area (Å²) in [6.45, 7) is 5.35. The van der Waals surface area contributed by atoms with Gasteiger partial charge in [0, 0.05) is 23.6 Å². The SMILES string of the molecule is Cc1ccc(S(=O)(=O)N[C@@H]2CC(C)(C)Oc3ccccc32)cc1[N+](=O)[O-]. The first-order valence-corrected chi connectivity index (χ1v) is 9.63. The smallest absolute Gasteiger partial charge is 0.273 e. The molecule has 0 spiro atoms. The Balaban J connectivity index is 1.98. The monoisotopic (exact) mass is 376 g/mol. The van der Waals surface area contributed by atoms with Gasteiger partial charge in [-0.25, -0.2) is 13.1 Å². The molecule has 1 aliphatic rings. The number of nitro groups is 1. The fraction of sp³-hybridized carbons (Fsp3) is 0.333. The lowest BCUT2D eigenvalue weighted by atomic mass is 9.90. The summed E-state index contributed by atoms with van der Waals surface area (Å²) in [7, 11) is -3.94. The molecule has 8 heteroatoms. The van der Waals surface area contributed by atoms with Crippen LogP contribution < -0.4 is 9.46 Å². The van der Waals surface area contributed by atoms with Crippen molar-refractivity contribution in [2.75, 3.05) is 0 Å². The fourth-order valence-corrected chi connectivity index (χ4v) is 4.35. The predicted octanol–water partition coefficient (Wildman–Crippen LogP) is 3.48. The van der Waals surface area contributed by atoms with Crippen LogP contribution in [0.5, 0.6) is 5.75 Å². The van der Waals surface area contributed by atoms with Gasteiger partial charge in [-0.1, -0.05) is 24.3 Å². The van der Waals surface area contributed by atoms with E-state index < -0.39 is 26.6 Å². The second-order valence-electron chi connectivity index (χ2n) is 6.98. The minimum Gasteiger partial charge on any atom is -0.487 e. The highest BCUT2D eigenvalue weighted by Crippen LogP contribution is 2.40. The van der Waals surface area contributed by atoms with Crippen LogP contribution in [-0.4, -0.2) is 18.9 Å². The van der Waals surface area contributed by atoms with Crippen LogP contribution in [0.2, 0.25) is 0 Å². The number of hydrogen-bond donors (Lipinski definition) is 1. The molecule has 0 bridgehead atoms. The number of benzene rings is 2. The summed E-state index contributed by atoms with van der Waals surface area (Å²) in [6, 6.07) is 10.7. The normalized spacial score (nSPS) is 18.7. The molecular formula is C18H20N2O5S. The highest BCUT2D eigenvalue weighted by atomic mass is 32.2. The summed E-state index contributed by atoms with van der Waals surface area (Å²) in [4.78, 5) is 10.4. The highest BCUT2D eigenvalue weighted by molar-refractivity contribution is 7.89. The third kappa shape index (κ3) is 3.56. The lowest BCUT2D eigenvalue weighted by molar-refractivity contribution is -0.385. The molecule has 0 aliphatic carbocycles. The van der Waals surface area contributed by atoms with Crippen molar-refractivity contribution in [1.82, 2.24) is 4.72 Å². The third-order valence-corrected chi connectivity index (χ3v) is 5.83. The van der Waals surface area contributed by atoms with E-state index in [2.05, 4.69) is 4.72 Å². The number of fused-ring (bicyclic) bond motifs is 1. The Morgan fingerprint density at radius 2 is 1.92 bits per heavy atom. The molecule has 7 nitrogen and oxygen atoms in total. The summed E-state index contributed by atoms with van der Waals surface area (Å²) < 4.78 is 34.3. The van der Waals surface area contributed by atoms with Crippen molar-refractivity contribution in [1.29, 1.82) is 0 Å². The van der Waals surface area contributed by atoms with Crippen LogP contribution >= 0.6 is 0 Å². The Bertz CT molecular complexity index is 969. The van der Waals surface area contributed by atoms with Crippen molar-refractivity contribution in [2.24, 2.45) is 0 Å². The molecule has 26 heavy (non-hydrogen) atoms. The molecule has 1 N–H and O–H groups in total. The maximum atomic E-state index is 12.8. The van der Waals surface area contributed by atoms with E-state index in [1.165, 1.54) is 12.1 Å². The third-order valence-electron chi connectivity index (χ3n) is 4.36. The zero-order valence-corrected chi connectivity index (χ0v) is 15.5. The van der Waals surface area contributed by atoms with E-state index in [-0.39, 0.29) is 10.6 Å². The van der Waals surface area contributed by atoms with Gasteiger partial charge in [-0.05, 0) is 32.9 Å². The number of sulfonamides is 1. The molecular weight excluding hydrogens is 356 g/mol. The molecule has 1 heterocycles. The van der Waals surface area contributed by atoms with Gasteiger partial charge in [-0.2, -0.15) is 0 Å². The fourth-order valence-electron chi connectivity index (χ4n) is 3.12. The summed E-state index contributed by atoms with van der Waals surface area (Å²) in [5.74, 6) is 0.631. The van der Waals surface area contributed by atoms with Crippen molar-refractivity contribution in [3.8, 4) is 5.75 Å². The van der Waals surface area contributed by atoms with Gasteiger partial charge in [0.25, 0.3) is 5.69 Å². The molecule has 2 aromatic rings. The molecule has 138 valence electrons.